The van der Waals surface area contributed by atoms with E-state index in [0.717, 1.165) is 25.7 Å². The number of hydrogen-bond donors (Lipinski definition) is 1. The molecule has 16 heavy (non-hydrogen) atoms. The standard InChI is InChI=1S/C13H17FO2/c14-11-6-2-1-5-10(11)9-16-13-8-4-3-7-12(13)15/h1-2,5-6,12-13,15H,3-4,7-9H2. The molecule has 0 bridgehead atoms. The Bertz CT molecular complexity index is 340. The van der Waals surface area contributed by atoms with Crippen molar-refractivity contribution >= 4 is 0 Å². The van der Waals surface area contributed by atoms with Crippen LogP contribution in [0.3, 0.4) is 0 Å². The second-order valence-corrected chi connectivity index (χ2v) is 4.29. The zero-order valence-electron chi connectivity index (χ0n) is 9.23. The van der Waals surface area contributed by atoms with Gasteiger partial charge < -0.3 is 9.84 Å². The maximum absolute atomic E-state index is 13.3. The molecule has 0 aliphatic heterocycles. The van der Waals surface area contributed by atoms with Gasteiger partial charge in [0.2, 0.25) is 0 Å². The lowest BCUT2D eigenvalue weighted by atomic mass is 9.95. The zero-order chi connectivity index (χ0) is 11.4. The van der Waals surface area contributed by atoms with Gasteiger partial charge in [-0.15, -0.1) is 0 Å². The van der Waals surface area contributed by atoms with E-state index >= 15 is 0 Å². The summed E-state index contributed by atoms with van der Waals surface area (Å²) >= 11 is 0. The third kappa shape index (κ3) is 2.80. The van der Waals surface area contributed by atoms with E-state index in [4.69, 9.17) is 4.74 Å². The van der Waals surface area contributed by atoms with E-state index in [9.17, 15) is 9.50 Å². The Morgan fingerprint density at radius 1 is 1.25 bits per heavy atom. The minimum absolute atomic E-state index is 0.131. The van der Waals surface area contributed by atoms with Crippen molar-refractivity contribution in [2.45, 2.75) is 44.5 Å². The van der Waals surface area contributed by atoms with Gasteiger partial charge in [-0.3, -0.25) is 0 Å². The summed E-state index contributed by atoms with van der Waals surface area (Å²) in [6.45, 7) is 0.244. The predicted octanol–water partition coefficient (Wildman–Crippen LogP) is 2.65. The maximum atomic E-state index is 13.3. The highest BCUT2D eigenvalue weighted by atomic mass is 19.1. The average Bonchev–Trinajstić information content (AvgIpc) is 2.30. The quantitative estimate of drug-likeness (QED) is 0.855. The molecule has 1 fully saturated rings. The molecule has 1 aromatic rings. The van der Waals surface area contributed by atoms with Crippen molar-refractivity contribution in [1.29, 1.82) is 0 Å². The van der Waals surface area contributed by atoms with E-state index in [1.54, 1.807) is 18.2 Å². The molecule has 2 nitrogen and oxygen atoms in total. The summed E-state index contributed by atoms with van der Waals surface area (Å²) in [7, 11) is 0. The molecule has 1 N–H and O–H groups in total. The molecule has 2 atom stereocenters. The molecule has 2 rings (SSSR count). The minimum Gasteiger partial charge on any atom is -0.390 e. The molecule has 0 heterocycles. The molecule has 1 aliphatic carbocycles. The van der Waals surface area contributed by atoms with Gasteiger partial charge in [0.15, 0.2) is 0 Å². The van der Waals surface area contributed by atoms with Crippen LogP contribution in [0.4, 0.5) is 4.39 Å². The third-order valence-corrected chi connectivity index (χ3v) is 3.08. The number of ether oxygens (including phenoxy) is 1. The Labute approximate surface area is 95.1 Å². The number of aliphatic hydroxyl groups excluding tert-OH is 1. The second-order valence-electron chi connectivity index (χ2n) is 4.29. The van der Waals surface area contributed by atoms with Crippen molar-refractivity contribution < 1.29 is 14.2 Å². The first kappa shape index (κ1) is 11.6. The van der Waals surface area contributed by atoms with Crippen molar-refractivity contribution in [1.82, 2.24) is 0 Å². The summed E-state index contributed by atoms with van der Waals surface area (Å²) in [6.07, 6.45) is 3.28. The molecule has 1 aliphatic rings. The smallest absolute Gasteiger partial charge is 0.128 e. The van der Waals surface area contributed by atoms with Gasteiger partial charge in [0, 0.05) is 5.56 Å². The Morgan fingerprint density at radius 3 is 2.75 bits per heavy atom. The summed E-state index contributed by atoms with van der Waals surface area (Å²) in [6, 6.07) is 6.59. The molecule has 1 aromatic carbocycles. The van der Waals surface area contributed by atoms with Crippen LogP contribution < -0.4 is 0 Å². The maximum Gasteiger partial charge on any atom is 0.128 e. The van der Waals surface area contributed by atoms with Crippen LogP contribution in [0, 0.1) is 5.82 Å². The van der Waals surface area contributed by atoms with Crippen LogP contribution in [-0.2, 0) is 11.3 Å². The largest absolute Gasteiger partial charge is 0.390 e. The first-order valence-electron chi connectivity index (χ1n) is 5.80. The van der Waals surface area contributed by atoms with Gasteiger partial charge in [-0.2, -0.15) is 0 Å². The van der Waals surface area contributed by atoms with Crippen molar-refractivity contribution in [2.24, 2.45) is 0 Å². The normalized spacial score (nSPS) is 25.6. The molecule has 88 valence electrons. The number of aliphatic hydroxyl groups is 1. The number of halogens is 1. The van der Waals surface area contributed by atoms with Gasteiger partial charge in [0.25, 0.3) is 0 Å². The zero-order valence-corrected chi connectivity index (χ0v) is 9.23. The van der Waals surface area contributed by atoms with Crippen LogP contribution >= 0.6 is 0 Å². The van der Waals surface area contributed by atoms with E-state index in [1.807, 2.05) is 0 Å². The second kappa shape index (κ2) is 5.41. The fraction of sp³-hybridized carbons (Fsp3) is 0.538. The van der Waals surface area contributed by atoms with Crippen molar-refractivity contribution in [2.75, 3.05) is 0 Å². The highest BCUT2D eigenvalue weighted by molar-refractivity contribution is 5.16. The fourth-order valence-electron chi connectivity index (χ4n) is 2.08. The summed E-state index contributed by atoms with van der Waals surface area (Å²) < 4.78 is 18.9. The van der Waals surface area contributed by atoms with Crippen LogP contribution in [0.25, 0.3) is 0 Å². The summed E-state index contributed by atoms with van der Waals surface area (Å²) in [5, 5.41) is 9.70. The Hall–Kier alpha value is -0.930. The SMILES string of the molecule is OC1CCCCC1OCc1ccccc1F. The van der Waals surface area contributed by atoms with Crippen molar-refractivity contribution in [3.8, 4) is 0 Å². The molecule has 2 unspecified atom stereocenters. The first-order chi connectivity index (χ1) is 7.77. The molecule has 0 saturated heterocycles. The molecule has 3 heteroatoms. The van der Waals surface area contributed by atoms with E-state index in [0.29, 0.717) is 5.56 Å². The van der Waals surface area contributed by atoms with Gasteiger partial charge in [-0.1, -0.05) is 31.0 Å². The molecular formula is C13H17FO2. The monoisotopic (exact) mass is 224 g/mol. The Kier molecular flexibility index (Phi) is 3.91. The summed E-state index contributed by atoms with van der Waals surface area (Å²) in [5.74, 6) is -0.243. The Balaban J connectivity index is 1.89. The predicted molar refractivity (Wildman–Crippen MR) is 59.5 cm³/mol. The van der Waals surface area contributed by atoms with E-state index in [1.165, 1.54) is 6.07 Å². The fourth-order valence-corrected chi connectivity index (χ4v) is 2.08. The van der Waals surface area contributed by atoms with Crippen LogP contribution in [0.15, 0.2) is 24.3 Å². The van der Waals surface area contributed by atoms with Crippen LogP contribution in [0.2, 0.25) is 0 Å². The minimum atomic E-state index is -0.388. The lowest BCUT2D eigenvalue weighted by molar-refractivity contribution is -0.0667. The number of rotatable bonds is 3. The van der Waals surface area contributed by atoms with Crippen LogP contribution in [0.5, 0.6) is 0 Å². The van der Waals surface area contributed by atoms with Gasteiger partial charge in [0.05, 0.1) is 18.8 Å². The molecule has 0 radical (unpaired) electrons. The van der Waals surface area contributed by atoms with Crippen molar-refractivity contribution in [3.63, 3.8) is 0 Å². The highest BCUT2D eigenvalue weighted by Crippen LogP contribution is 2.22. The van der Waals surface area contributed by atoms with Gasteiger partial charge in [-0.25, -0.2) is 4.39 Å². The topological polar surface area (TPSA) is 29.5 Å². The van der Waals surface area contributed by atoms with E-state index < -0.39 is 0 Å². The molecule has 0 spiro atoms. The van der Waals surface area contributed by atoms with Crippen molar-refractivity contribution in [3.05, 3.63) is 35.6 Å². The van der Waals surface area contributed by atoms with E-state index in [-0.39, 0.29) is 24.6 Å². The average molecular weight is 224 g/mol. The van der Waals surface area contributed by atoms with Gasteiger partial charge in [-0.05, 0) is 18.9 Å². The van der Waals surface area contributed by atoms with Crippen LogP contribution in [-0.4, -0.2) is 17.3 Å². The summed E-state index contributed by atoms with van der Waals surface area (Å²) in [5.41, 5.74) is 0.556. The lowest BCUT2D eigenvalue weighted by Crippen LogP contribution is -2.32. The van der Waals surface area contributed by atoms with Gasteiger partial charge in [0.1, 0.15) is 5.82 Å². The van der Waals surface area contributed by atoms with E-state index in [2.05, 4.69) is 0 Å². The van der Waals surface area contributed by atoms with Gasteiger partial charge >= 0.3 is 0 Å². The third-order valence-electron chi connectivity index (χ3n) is 3.08. The number of benzene rings is 1. The van der Waals surface area contributed by atoms with Crippen LogP contribution in [0.1, 0.15) is 31.2 Å². The first-order valence-corrected chi connectivity index (χ1v) is 5.80. The lowest BCUT2D eigenvalue weighted by Gasteiger charge is -2.27. The molecular weight excluding hydrogens is 207 g/mol. The number of hydrogen-bond acceptors (Lipinski definition) is 2. The summed E-state index contributed by atoms with van der Waals surface area (Å²) in [4.78, 5) is 0. The molecule has 0 amide bonds. The molecule has 0 aromatic heterocycles. The highest BCUT2D eigenvalue weighted by Gasteiger charge is 2.23. The Morgan fingerprint density at radius 2 is 2.00 bits per heavy atom. The molecule has 1 saturated carbocycles.